The van der Waals surface area contributed by atoms with Gasteiger partial charge in [-0.1, -0.05) is 12.1 Å². The van der Waals surface area contributed by atoms with Gasteiger partial charge >= 0.3 is 5.97 Å². The van der Waals surface area contributed by atoms with Crippen molar-refractivity contribution < 1.29 is 44.2 Å². The molecule has 7 atom stereocenters. The number of phenolic OH excluding ortho intramolecular Hbond substituents is 2. The minimum Gasteiger partial charge on any atom is -0.508 e. The Bertz CT molecular complexity index is 2700. The number of hydrogen-bond acceptors (Lipinski definition) is 14. The van der Waals surface area contributed by atoms with Crippen molar-refractivity contribution in [2.45, 2.75) is 95.4 Å². The molecule has 3 aromatic heterocycles. The van der Waals surface area contributed by atoms with Crippen molar-refractivity contribution in [1.82, 2.24) is 9.97 Å². The van der Waals surface area contributed by atoms with Crippen molar-refractivity contribution >= 4 is 28.6 Å². The highest BCUT2D eigenvalue weighted by Gasteiger charge is 2.57. The lowest BCUT2D eigenvalue weighted by Crippen LogP contribution is -2.59. The van der Waals surface area contributed by atoms with E-state index in [-0.39, 0.29) is 57.6 Å². The number of nitrogens with two attached hydrogens (primary N) is 1. The lowest BCUT2D eigenvalue weighted by molar-refractivity contribution is -0.169. The summed E-state index contributed by atoms with van der Waals surface area (Å²) in [6.07, 6.45) is 6.78. The maximum atomic E-state index is 14.2. The highest BCUT2D eigenvalue weighted by Crippen LogP contribution is 2.60. The number of aliphatic hydroxyl groups excluding tert-OH is 3. The van der Waals surface area contributed by atoms with E-state index in [1.807, 2.05) is 32.2 Å². The van der Waals surface area contributed by atoms with Gasteiger partial charge in [0, 0.05) is 65.9 Å². The number of aliphatic hydroxyl groups is 3. The van der Waals surface area contributed by atoms with Crippen LogP contribution in [-0.2, 0) is 41.8 Å². The number of esters is 1. The van der Waals surface area contributed by atoms with Crippen molar-refractivity contribution in [2.75, 3.05) is 30.8 Å². The van der Waals surface area contributed by atoms with Gasteiger partial charge in [-0.2, -0.15) is 0 Å². The molecule has 4 aliphatic rings. The molecule has 0 spiro atoms. The summed E-state index contributed by atoms with van der Waals surface area (Å²) >= 11 is 0. The molecule has 4 bridgehead atoms. The minimum absolute atomic E-state index is 0.00576. The van der Waals surface area contributed by atoms with E-state index < -0.39 is 66.4 Å². The van der Waals surface area contributed by atoms with Crippen molar-refractivity contribution in [3.8, 4) is 17.2 Å². The SMILES string of the molecule is C/C=C(/CO)C(=O)O[C@@H]1Cc2c3c(c4oc(CO)cc(=O)c4c2O)[C@@H]2c4ccnc(N)c4[C@@H](CCc4ccc(O)cc4[C@H]2CO)[C@@H]2CCc4cc(NCC)ncc4C[C@@H]2[C@]1(C)O3. The zero-order chi connectivity index (χ0) is 43.6. The lowest BCUT2D eigenvalue weighted by atomic mass is 9.62. The summed E-state index contributed by atoms with van der Waals surface area (Å²) < 4.78 is 20.4. The van der Waals surface area contributed by atoms with Crippen LogP contribution in [0.1, 0.15) is 102 Å². The molecule has 0 unspecified atom stereocenters. The van der Waals surface area contributed by atoms with Crippen LogP contribution in [0.4, 0.5) is 11.6 Å². The number of allylic oxidation sites excluding steroid dienone is 1. The number of carbonyl (C=O) groups excluding carboxylic acids is 1. The largest absolute Gasteiger partial charge is 0.508 e. The fourth-order valence-electron chi connectivity index (χ4n) is 11.2. The van der Waals surface area contributed by atoms with E-state index in [2.05, 4.69) is 11.4 Å². The van der Waals surface area contributed by atoms with E-state index in [4.69, 9.17) is 29.6 Å². The van der Waals surface area contributed by atoms with Crippen LogP contribution in [0.5, 0.6) is 17.2 Å². The Balaban J connectivity index is 1.44. The van der Waals surface area contributed by atoms with Gasteiger partial charge < -0.3 is 50.5 Å². The van der Waals surface area contributed by atoms with Gasteiger partial charge in [0.05, 0.1) is 18.8 Å². The molecule has 9 rings (SSSR count). The van der Waals surface area contributed by atoms with Crippen LogP contribution < -0.4 is 21.2 Å². The number of rotatable bonds is 7. The number of ether oxygens (including phenoxy) is 2. The van der Waals surface area contributed by atoms with Crippen molar-refractivity contribution in [2.24, 2.45) is 11.8 Å². The number of phenols is 2. The van der Waals surface area contributed by atoms with Gasteiger partial charge in [-0.15, -0.1) is 0 Å². The molecule has 2 aliphatic heterocycles. The molecule has 2 aromatic carbocycles. The third-order valence-electron chi connectivity index (χ3n) is 14.1. The van der Waals surface area contributed by atoms with E-state index in [1.165, 1.54) is 6.08 Å². The molecule has 2 aliphatic carbocycles. The first-order valence-electron chi connectivity index (χ1n) is 21.4. The number of nitrogens with zero attached hydrogens (tertiary/aromatic N) is 2. The average molecular weight is 845 g/mol. The first-order valence-corrected chi connectivity index (χ1v) is 21.4. The fraction of sp³-hybridized carbons (Fsp3) is 0.417. The molecule has 0 saturated carbocycles. The number of pyridine rings is 2. The molecule has 324 valence electrons. The third kappa shape index (κ3) is 6.58. The first-order chi connectivity index (χ1) is 29.9. The number of hydrogen-bond donors (Lipinski definition) is 7. The summed E-state index contributed by atoms with van der Waals surface area (Å²) in [7, 11) is 0. The summed E-state index contributed by atoms with van der Waals surface area (Å²) in [5.74, 6) is -2.60. The fourth-order valence-corrected chi connectivity index (χ4v) is 11.2. The zero-order valence-corrected chi connectivity index (χ0v) is 35.0. The molecule has 8 N–H and O–H groups in total. The minimum atomic E-state index is -1.36. The maximum absolute atomic E-state index is 14.2. The van der Waals surface area contributed by atoms with Gasteiger partial charge in [-0.3, -0.25) is 4.79 Å². The molecule has 62 heavy (non-hydrogen) atoms. The second-order valence-electron chi connectivity index (χ2n) is 17.2. The van der Waals surface area contributed by atoms with Crippen LogP contribution in [0.3, 0.4) is 0 Å². The maximum Gasteiger partial charge on any atom is 0.336 e. The molecule has 14 heteroatoms. The summed E-state index contributed by atoms with van der Waals surface area (Å²) in [6, 6.07) is 10.3. The molecule has 0 fully saturated rings. The first kappa shape index (κ1) is 41.4. The molecule has 0 radical (unpaired) electrons. The molecule has 14 nitrogen and oxygen atoms in total. The van der Waals surface area contributed by atoms with Gasteiger partial charge in [-0.05, 0) is 117 Å². The Morgan fingerprint density at radius 2 is 1.82 bits per heavy atom. The Morgan fingerprint density at radius 3 is 2.56 bits per heavy atom. The average Bonchev–Trinajstić information content (AvgIpc) is 3.42. The summed E-state index contributed by atoms with van der Waals surface area (Å²) in [6.45, 7) is 4.67. The summed E-state index contributed by atoms with van der Waals surface area (Å²) in [5, 5.41) is 58.9. The molecular weight excluding hydrogens is 793 g/mol. The Hall–Kier alpha value is -5.96. The molecule has 0 saturated heterocycles. The topological polar surface area (TPSA) is 231 Å². The van der Waals surface area contributed by atoms with Crippen LogP contribution in [-0.4, -0.2) is 72.9 Å². The predicted octanol–water partition coefficient (Wildman–Crippen LogP) is 5.42. The smallest absolute Gasteiger partial charge is 0.336 e. The van der Waals surface area contributed by atoms with Gasteiger partial charge in [0.2, 0.25) is 0 Å². The van der Waals surface area contributed by atoms with E-state index in [9.17, 15) is 35.1 Å². The predicted molar refractivity (Wildman–Crippen MR) is 230 cm³/mol. The van der Waals surface area contributed by atoms with Crippen LogP contribution in [0.2, 0.25) is 0 Å². The van der Waals surface area contributed by atoms with Crippen LogP contribution in [0, 0.1) is 11.8 Å². The van der Waals surface area contributed by atoms with Crippen LogP contribution in [0.25, 0.3) is 11.0 Å². The van der Waals surface area contributed by atoms with Crippen molar-refractivity contribution in [3.05, 3.63) is 121 Å². The van der Waals surface area contributed by atoms with Crippen molar-refractivity contribution in [1.29, 1.82) is 0 Å². The standard InChI is InChI=1S/C48H52N4O10/c1-4-23(20-53)47(59)61-37-18-33-43(58)41-36(57)17-28(21-54)60-45(41)42-39-31-12-13-51-46(49)40(31)30(11-7-24-6-9-27(56)16-32(24)34(39)22-55)29-10-8-25-15-38(50-5-2)52-19-26(25)14-35(29)48(37,3)62-44(33)42/h4,6,9,12-13,15-17,19,29-30,34-35,37,39,53-56,58H,5,7-8,10-11,14,18,20-22H2,1-3H3,(H2,49,51)(H,50,52)/b23-4-/t29-,30-,34+,35-,37+,39+,48-/m0/s1. The number of aromatic hydroxyl groups is 2. The van der Waals surface area contributed by atoms with Crippen LogP contribution >= 0.6 is 0 Å². The number of aryl methyl sites for hydroxylation is 2. The van der Waals surface area contributed by atoms with E-state index in [0.29, 0.717) is 61.2 Å². The molecular formula is C48H52N4O10. The van der Waals surface area contributed by atoms with Crippen molar-refractivity contribution in [3.63, 3.8) is 0 Å². The van der Waals surface area contributed by atoms with Crippen LogP contribution in [0.15, 0.2) is 69.7 Å². The number of benzene rings is 2. The van der Waals surface area contributed by atoms with Gasteiger partial charge in [0.25, 0.3) is 0 Å². The van der Waals surface area contributed by atoms with Gasteiger partial charge in [0.1, 0.15) is 63.9 Å². The Labute approximate surface area is 358 Å². The third-order valence-corrected chi connectivity index (χ3v) is 14.1. The number of fused-ring (bicyclic) bond motifs is 9. The lowest BCUT2D eigenvalue weighted by Gasteiger charge is -2.51. The summed E-state index contributed by atoms with van der Waals surface area (Å²) in [5.41, 5.74) is 10.8. The highest BCUT2D eigenvalue weighted by atomic mass is 16.6. The number of nitrogens with one attached hydrogen (secondary N) is 1. The number of nitrogen functional groups attached to an aromatic ring is 1. The van der Waals surface area contributed by atoms with E-state index in [0.717, 1.165) is 34.1 Å². The van der Waals surface area contributed by atoms with Gasteiger partial charge in [-0.25, -0.2) is 14.8 Å². The normalized spacial score (nSPS) is 25.1. The second-order valence-corrected chi connectivity index (χ2v) is 17.2. The number of carbonyl (C=O) groups is 1. The number of aromatic nitrogens is 2. The number of anilines is 2. The van der Waals surface area contributed by atoms with E-state index >= 15 is 0 Å². The Kier molecular flexibility index (Phi) is 10.7. The monoisotopic (exact) mass is 844 g/mol. The van der Waals surface area contributed by atoms with E-state index in [1.54, 1.807) is 25.3 Å². The molecule has 0 amide bonds. The highest BCUT2D eigenvalue weighted by molar-refractivity contribution is 5.92. The Morgan fingerprint density at radius 1 is 1.02 bits per heavy atom. The second kappa shape index (κ2) is 16.1. The molecule has 5 heterocycles. The molecule has 5 aromatic rings. The quantitative estimate of drug-likeness (QED) is 0.0802. The summed E-state index contributed by atoms with van der Waals surface area (Å²) in [4.78, 5) is 37.7. The zero-order valence-electron chi connectivity index (χ0n) is 35.0. The van der Waals surface area contributed by atoms with Gasteiger partial charge in [0.15, 0.2) is 5.43 Å².